The van der Waals surface area contributed by atoms with E-state index in [0.717, 1.165) is 6.54 Å². The highest BCUT2D eigenvalue weighted by Crippen LogP contribution is 2.07. The van der Waals surface area contributed by atoms with Crippen LogP contribution in [0.4, 0.5) is 0 Å². The van der Waals surface area contributed by atoms with Crippen LogP contribution in [0.2, 0.25) is 0 Å². The standard InChI is InChI=1S/C22H22N2O/c1-3-8-20(9-4-1)12-7-17-25-22(18-24-16-15-23-19-24)14-13-21-10-5-2-6-11-21/h1-16,19,22H,17-18H2/b12-7+,14-13+. The van der Waals surface area contributed by atoms with E-state index in [1.54, 1.807) is 6.20 Å². The van der Waals surface area contributed by atoms with Crippen LogP contribution in [0.25, 0.3) is 12.2 Å². The highest BCUT2D eigenvalue weighted by atomic mass is 16.5. The number of rotatable bonds is 8. The van der Waals surface area contributed by atoms with E-state index in [0.29, 0.717) is 6.61 Å². The largest absolute Gasteiger partial charge is 0.368 e. The molecule has 25 heavy (non-hydrogen) atoms. The van der Waals surface area contributed by atoms with Crippen LogP contribution in [-0.4, -0.2) is 22.3 Å². The summed E-state index contributed by atoms with van der Waals surface area (Å²) in [6, 6.07) is 20.5. The van der Waals surface area contributed by atoms with Gasteiger partial charge in [0.25, 0.3) is 0 Å². The first-order chi connectivity index (χ1) is 12.4. The lowest BCUT2D eigenvalue weighted by molar-refractivity contribution is 0.0968. The van der Waals surface area contributed by atoms with Gasteiger partial charge >= 0.3 is 0 Å². The number of ether oxygens (including phenoxy) is 1. The summed E-state index contributed by atoms with van der Waals surface area (Å²) in [6.45, 7) is 1.30. The molecule has 3 rings (SSSR count). The van der Waals surface area contributed by atoms with Crippen LogP contribution in [-0.2, 0) is 11.3 Å². The number of hydrogen-bond donors (Lipinski definition) is 0. The van der Waals surface area contributed by atoms with Crippen LogP contribution in [0.3, 0.4) is 0 Å². The minimum absolute atomic E-state index is 0.0187. The Kier molecular flexibility index (Phi) is 6.37. The first-order valence-corrected chi connectivity index (χ1v) is 8.42. The molecule has 2 aromatic carbocycles. The average molecular weight is 330 g/mol. The van der Waals surface area contributed by atoms with Gasteiger partial charge in [-0.15, -0.1) is 0 Å². The average Bonchev–Trinajstić information content (AvgIpc) is 3.18. The van der Waals surface area contributed by atoms with Gasteiger partial charge in [0, 0.05) is 12.4 Å². The number of aromatic nitrogens is 2. The summed E-state index contributed by atoms with van der Waals surface area (Å²) in [5, 5.41) is 0. The van der Waals surface area contributed by atoms with Gasteiger partial charge in [-0.25, -0.2) is 4.98 Å². The molecule has 0 saturated heterocycles. The maximum absolute atomic E-state index is 6.04. The lowest BCUT2D eigenvalue weighted by atomic mass is 10.2. The zero-order chi connectivity index (χ0) is 17.2. The van der Waals surface area contributed by atoms with Crippen molar-refractivity contribution in [3.8, 4) is 0 Å². The number of benzene rings is 2. The molecule has 0 amide bonds. The summed E-state index contributed by atoms with van der Waals surface area (Å²) in [5.41, 5.74) is 2.35. The molecular formula is C22H22N2O. The third kappa shape index (κ3) is 5.90. The van der Waals surface area contributed by atoms with Crippen LogP contribution in [0.15, 0.2) is 91.5 Å². The molecule has 0 aliphatic rings. The molecule has 3 nitrogen and oxygen atoms in total. The van der Waals surface area contributed by atoms with Gasteiger partial charge in [0.15, 0.2) is 0 Å². The first-order valence-electron chi connectivity index (χ1n) is 8.42. The van der Waals surface area contributed by atoms with E-state index in [1.807, 2.05) is 59.6 Å². The zero-order valence-electron chi connectivity index (χ0n) is 14.1. The van der Waals surface area contributed by atoms with E-state index in [-0.39, 0.29) is 6.10 Å². The first kappa shape index (κ1) is 16.9. The molecule has 0 saturated carbocycles. The van der Waals surface area contributed by atoms with E-state index in [2.05, 4.69) is 47.5 Å². The van der Waals surface area contributed by atoms with Gasteiger partial charge in [0.05, 0.1) is 25.6 Å². The highest BCUT2D eigenvalue weighted by molar-refractivity contribution is 5.50. The molecule has 1 unspecified atom stereocenters. The van der Waals surface area contributed by atoms with Gasteiger partial charge in [-0.1, -0.05) is 85.0 Å². The maximum Gasteiger partial charge on any atom is 0.0946 e. The predicted molar refractivity (Wildman–Crippen MR) is 103 cm³/mol. The number of hydrogen-bond acceptors (Lipinski definition) is 2. The predicted octanol–water partition coefficient (Wildman–Crippen LogP) is 4.70. The molecular weight excluding hydrogens is 308 g/mol. The topological polar surface area (TPSA) is 27.1 Å². The summed E-state index contributed by atoms with van der Waals surface area (Å²) in [7, 11) is 0. The molecule has 0 aliphatic carbocycles. The van der Waals surface area contributed by atoms with E-state index < -0.39 is 0 Å². The summed E-state index contributed by atoms with van der Waals surface area (Å²) >= 11 is 0. The number of nitrogens with zero attached hydrogens (tertiary/aromatic N) is 2. The van der Waals surface area contributed by atoms with Crippen molar-refractivity contribution in [2.75, 3.05) is 6.61 Å². The maximum atomic E-state index is 6.04. The molecule has 3 heteroatoms. The van der Waals surface area contributed by atoms with Crippen molar-refractivity contribution >= 4 is 12.2 Å². The summed E-state index contributed by atoms with van der Waals surface area (Å²) in [4.78, 5) is 4.10. The zero-order valence-corrected chi connectivity index (χ0v) is 14.1. The van der Waals surface area contributed by atoms with Crippen molar-refractivity contribution in [3.63, 3.8) is 0 Å². The third-order valence-corrected chi connectivity index (χ3v) is 3.77. The molecule has 0 spiro atoms. The van der Waals surface area contributed by atoms with Gasteiger partial charge in [-0.05, 0) is 11.1 Å². The molecule has 1 atom stereocenters. The van der Waals surface area contributed by atoms with Crippen LogP contribution >= 0.6 is 0 Å². The molecule has 0 aliphatic heterocycles. The monoisotopic (exact) mass is 330 g/mol. The fourth-order valence-corrected chi connectivity index (χ4v) is 2.48. The Morgan fingerprint density at radius 3 is 2.24 bits per heavy atom. The van der Waals surface area contributed by atoms with Crippen molar-refractivity contribution < 1.29 is 4.74 Å². The van der Waals surface area contributed by atoms with Crippen molar-refractivity contribution in [2.45, 2.75) is 12.6 Å². The van der Waals surface area contributed by atoms with Crippen molar-refractivity contribution in [3.05, 3.63) is 103 Å². The molecule has 126 valence electrons. The van der Waals surface area contributed by atoms with Crippen LogP contribution in [0.1, 0.15) is 11.1 Å². The second-order valence-electron chi connectivity index (χ2n) is 5.71. The molecule has 3 aromatic rings. The molecule has 1 heterocycles. The highest BCUT2D eigenvalue weighted by Gasteiger charge is 2.05. The Hall–Kier alpha value is -2.91. The van der Waals surface area contributed by atoms with Gasteiger partial charge < -0.3 is 9.30 Å². The fraction of sp³-hybridized carbons (Fsp3) is 0.136. The lowest BCUT2D eigenvalue weighted by Crippen LogP contribution is -2.17. The molecule has 0 fully saturated rings. The Morgan fingerprint density at radius 1 is 0.920 bits per heavy atom. The van der Waals surface area contributed by atoms with Crippen molar-refractivity contribution in [1.29, 1.82) is 0 Å². The second kappa shape index (κ2) is 9.40. The van der Waals surface area contributed by atoms with E-state index in [4.69, 9.17) is 4.74 Å². The minimum Gasteiger partial charge on any atom is -0.368 e. The smallest absolute Gasteiger partial charge is 0.0946 e. The summed E-state index contributed by atoms with van der Waals surface area (Å²) < 4.78 is 8.07. The summed E-state index contributed by atoms with van der Waals surface area (Å²) in [6.07, 6.45) is 13.9. The Balaban J connectivity index is 1.60. The van der Waals surface area contributed by atoms with Gasteiger partial charge in [-0.3, -0.25) is 0 Å². The second-order valence-corrected chi connectivity index (χ2v) is 5.71. The molecule has 0 N–H and O–H groups in total. The van der Waals surface area contributed by atoms with Crippen molar-refractivity contribution in [1.82, 2.24) is 9.55 Å². The van der Waals surface area contributed by atoms with Gasteiger partial charge in [-0.2, -0.15) is 0 Å². The van der Waals surface area contributed by atoms with Gasteiger partial charge in [0.2, 0.25) is 0 Å². The Labute approximate surface area is 148 Å². The quantitative estimate of drug-likeness (QED) is 0.599. The molecule has 0 bridgehead atoms. The Morgan fingerprint density at radius 2 is 1.60 bits per heavy atom. The van der Waals surface area contributed by atoms with Crippen LogP contribution in [0, 0.1) is 0 Å². The minimum atomic E-state index is -0.0187. The lowest BCUT2D eigenvalue weighted by Gasteiger charge is -2.14. The van der Waals surface area contributed by atoms with Crippen LogP contribution < -0.4 is 0 Å². The number of imidazole rings is 1. The van der Waals surface area contributed by atoms with E-state index >= 15 is 0 Å². The normalized spacial score (nSPS) is 12.8. The molecule has 0 radical (unpaired) electrons. The van der Waals surface area contributed by atoms with E-state index in [1.165, 1.54) is 11.1 Å². The fourth-order valence-electron chi connectivity index (χ4n) is 2.48. The van der Waals surface area contributed by atoms with Crippen LogP contribution in [0.5, 0.6) is 0 Å². The Bertz CT molecular complexity index is 777. The van der Waals surface area contributed by atoms with Crippen molar-refractivity contribution in [2.24, 2.45) is 0 Å². The molecule has 1 aromatic heterocycles. The van der Waals surface area contributed by atoms with E-state index in [9.17, 15) is 0 Å². The third-order valence-electron chi connectivity index (χ3n) is 3.77. The SMILES string of the molecule is C(=C\c1ccccc1)/COC(/C=C/c1ccccc1)Cn1ccnc1. The summed E-state index contributed by atoms with van der Waals surface area (Å²) in [5.74, 6) is 0. The van der Waals surface area contributed by atoms with Gasteiger partial charge in [0.1, 0.15) is 0 Å².